The molecule has 1 aliphatic rings. The predicted molar refractivity (Wildman–Crippen MR) is 191 cm³/mol. The summed E-state index contributed by atoms with van der Waals surface area (Å²) in [4.78, 5) is 11.1. The highest BCUT2D eigenvalue weighted by Gasteiger charge is 2.36. The fourth-order valence-electron chi connectivity index (χ4n) is 7.57. The van der Waals surface area contributed by atoms with E-state index in [0.717, 1.165) is 33.1 Å². The van der Waals surface area contributed by atoms with E-state index in [1.165, 1.54) is 32.3 Å². The lowest BCUT2D eigenvalue weighted by Gasteiger charge is -2.32. The Balaban J connectivity index is 1.34. The first kappa shape index (κ1) is 25.2. The van der Waals surface area contributed by atoms with Crippen LogP contribution in [0.1, 0.15) is 6.92 Å². The van der Waals surface area contributed by atoms with Gasteiger partial charge in [0.05, 0.1) is 33.1 Å². The molecular weight excluding hydrogens is 564 g/mol. The molecule has 0 radical (unpaired) electrons. The molecule has 1 aliphatic heterocycles. The quantitative estimate of drug-likeness (QED) is 0.203. The van der Waals surface area contributed by atoms with Crippen LogP contribution in [-0.2, 0) is 5.79 Å². The molecule has 46 heavy (non-hydrogen) atoms. The highest BCUT2D eigenvalue weighted by atomic mass is 15.5. The number of hydrogen-bond acceptors (Lipinski definition) is 3. The Kier molecular flexibility index (Phi) is 5.04. The van der Waals surface area contributed by atoms with Crippen molar-refractivity contribution in [2.24, 2.45) is 9.98 Å². The second-order valence-electron chi connectivity index (χ2n) is 12.1. The van der Waals surface area contributed by atoms with Gasteiger partial charge in [-0.25, -0.2) is 9.98 Å². The third-order valence-corrected chi connectivity index (χ3v) is 9.45. The van der Waals surface area contributed by atoms with Gasteiger partial charge in [0.2, 0.25) is 17.7 Å². The van der Waals surface area contributed by atoms with Gasteiger partial charge < -0.3 is 0 Å². The normalized spacial score (nSPS) is 14.8. The van der Waals surface area contributed by atoms with Crippen LogP contribution in [-0.4, -0.2) is 25.6 Å². The van der Waals surface area contributed by atoms with Crippen LogP contribution in [0.2, 0.25) is 0 Å². The predicted octanol–water partition coefficient (Wildman–Crippen LogP) is 9.05. The molecule has 0 unspecified atom stereocenters. The van der Waals surface area contributed by atoms with Crippen LogP contribution in [0.15, 0.2) is 156 Å². The zero-order valence-corrected chi connectivity index (χ0v) is 25.1. The average molecular weight is 593 g/mol. The summed E-state index contributed by atoms with van der Waals surface area (Å²) in [5, 5.41) is 10.8. The number of aromatic nitrogens is 3. The summed E-state index contributed by atoms with van der Waals surface area (Å²) in [5.74, 6) is 0.402. The monoisotopic (exact) mass is 592 g/mol. The molecule has 6 heteroatoms. The van der Waals surface area contributed by atoms with Gasteiger partial charge in [0.25, 0.3) is 0 Å². The minimum atomic E-state index is -1.03. The van der Waals surface area contributed by atoms with E-state index in [2.05, 4.69) is 172 Å². The minimum Gasteiger partial charge on any atom is -0.297 e. The van der Waals surface area contributed by atoms with Gasteiger partial charge in [0.1, 0.15) is 0 Å². The Hall–Kier alpha value is -6.14. The summed E-state index contributed by atoms with van der Waals surface area (Å²) < 4.78 is 6.79. The van der Waals surface area contributed by atoms with E-state index in [-0.39, 0.29) is 0 Å². The van der Waals surface area contributed by atoms with Gasteiger partial charge in [-0.15, -0.1) is 0 Å². The Labute approximate surface area is 264 Å². The average Bonchev–Trinajstić information content (AvgIpc) is 3.74. The Morgan fingerprint density at radius 3 is 0.978 bits per heavy atom. The third-order valence-electron chi connectivity index (χ3n) is 9.45. The molecule has 218 valence electrons. The van der Waals surface area contributed by atoms with Gasteiger partial charge in [-0.05, 0) is 36.4 Å². The second-order valence-corrected chi connectivity index (χ2v) is 12.1. The summed E-state index contributed by atoms with van der Waals surface area (Å²) >= 11 is 0. The van der Waals surface area contributed by atoms with E-state index >= 15 is 0 Å². The number of para-hydroxylation sites is 6. The SMILES string of the molecule is CC1(n2c3ccccc3c3ccccc32)N=C(n2c3ccccc3c3ccccc32)NC(n2c3ccccc3c3ccccc32)=N1. The van der Waals surface area contributed by atoms with Gasteiger partial charge in [-0.2, -0.15) is 0 Å². The van der Waals surface area contributed by atoms with Gasteiger partial charge in [-0.3, -0.25) is 19.0 Å². The number of hydrogen-bond donors (Lipinski definition) is 1. The Bertz CT molecular complexity index is 2460. The van der Waals surface area contributed by atoms with Crippen molar-refractivity contribution >= 4 is 77.3 Å². The molecule has 0 saturated carbocycles. The topological polar surface area (TPSA) is 51.5 Å². The number of rotatable bonds is 1. The van der Waals surface area contributed by atoms with Gasteiger partial charge in [0, 0.05) is 39.2 Å². The van der Waals surface area contributed by atoms with Crippen LogP contribution in [0.25, 0.3) is 65.4 Å². The Morgan fingerprint density at radius 1 is 0.391 bits per heavy atom. The minimum absolute atomic E-state index is 0.716. The summed E-state index contributed by atoms with van der Waals surface area (Å²) in [7, 11) is 0. The molecular formula is C40H28N6. The molecule has 9 aromatic rings. The first-order valence-electron chi connectivity index (χ1n) is 15.6. The number of benzene rings is 6. The van der Waals surface area contributed by atoms with Crippen molar-refractivity contribution < 1.29 is 0 Å². The van der Waals surface area contributed by atoms with Crippen LogP contribution in [0.3, 0.4) is 0 Å². The maximum absolute atomic E-state index is 5.55. The molecule has 0 amide bonds. The highest BCUT2D eigenvalue weighted by Crippen LogP contribution is 2.38. The molecule has 10 rings (SSSR count). The maximum atomic E-state index is 5.55. The smallest absolute Gasteiger partial charge is 0.235 e. The van der Waals surface area contributed by atoms with Crippen molar-refractivity contribution in [3.8, 4) is 0 Å². The van der Waals surface area contributed by atoms with Crippen LogP contribution in [0, 0.1) is 0 Å². The van der Waals surface area contributed by atoms with Crippen molar-refractivity contribution in [1.82, 2.24) is 19.0 Å². The van der Waals surface area contributed by atoms with Crippen LogP contribution < -0.4 is 5.32 Å². The molecule has 1 N–H and O–H groups in total. The summed E-state index contributed by atoms with van der Waals surface area (Å²) in [5.41, 5.74) is 6.52. The first-order chi connectivity index (χ1) is 22.7. The molecule has 0 spiro atoms. The lowest BCUT2D eigenvalue weighted by atomic mass is 10.2. The number of nitrogens with zero attached hydrogens (tertiary/aromatic N) is 5. The molecule has 4 heterocycles. The fourth-order valence-corrected chi connectivity index (χ4v) is 7.57. The van der Waals surface area contributed by atoms with E-state index in [4.69, 9.17) is 9.98 Å². The summed E-state index contributed by atoms with van der Waals surface area (Å²) in [6, 6.07) is 51.3. The zero-order valence-electron chi connectivity index (χ0n) is 25.1. The maximum Gasteiger partial charge on any atom is 0.235 e. The highest BCUT2D eigenvalue weighted by molar-refractivity contribution is 6.20. The molecule has 6 aromatic carbocycles. The van der Waals surface area contributed by atoms with Crippen LogP contribution in [0.5, 0.6) is 0 Å². The standard InChI is InChI=1S/C40H28N6/c1-40(46-36-24-12-6-18-30(36)31-19-7-13-25-37(31)46)42-38(44-32-20-8-2-14-26(32)27-15-3-9-21-33(27)44)41-39(43-40)45-34-22-10-4-16-28(34)29-17-5-11-23-35(29)45/h2-25H,1H3,(H,41,42,43). The van der Waals surface area contributed by atoms with Crippen molar-refractivity contribution in [2.75, 3.05) is 0 Å². The third kappa shape index (κ3) is 3.35. The van der Waals surface area contributed by atoms with Crippen molar-refractivity contribution in [3.05, 3.63) is 146 Å². The lowest BCUT2D eigenvalue weighted by molar-refractivity contribution is 0.367. The second kappa shape index (κ2) is 9.19. The lowest BCUT2D eigenvalue weighted by Crippen LogP contribution is -2.47. The van der Waals surface area contributed by atoms with E-state index in [9.17, 15) is 0 Å². The molecule has 3 aromatic heterocycles. The van der Waals surface area contributed by atoms with Gasteiger partial charge >= 0.3 is 0 Å². The number of fused-ring (bicyclic) bond motifs is 9. The first-order valence-corrected chi connectivity index (χ1v) is 15.6. The van der Waals surface area contributed by atoms with Gasteiger partial charge in [0.15, 0.2) is 0 Å². The summed E-state index contributed by atoms with van der Waals surface area (Å²) in [6.07, 6.45) is 0. The van der Waals surface area contributed by atoms with E-state index in [0.29, 0.717) is 11.9 Å². The van der Waals surface area contributed by atoms with Crippen molar-refractivity contribution in [2.45, 2.75) is 12.7 Å². The summed E-state index contributed by atoms with van der Waals surface area (Å²) in [6.45, 7) is 2.12. The fraction of sp³-hybridized carbons (Fsp3) is 0.0500. The molecule has 0 saturated heterocycles. The van der Waals surface area contributed by atoms with Crippen LogP contribution >= 0.6 is 0 Å². The van der Waals surface area contributed by atoms with Gasteiger partial charge in [-0.1, -0.05) is 109 Å². The molecule has 0 bridgehead atoms. The van der Waals surface area contributed by atoms with Crippen LogP contribution in [0.4, 0.5) is 0 Å². The van der Waals surface area contributed by atoms with E-state index in [1.807, 2.05) is 0 Å². The molecule has 6 nitrogen and oxygen atoms in total. The largest absolute Gasteiger partial charge is 0.297 e. The molecule has 0 aliphatic carbocycles. The van der Waals surface area contributed by atoms with E-state index < -0.39 is 5.79 Å². The van der Waals surface area contributed by atoms with Crippen molar-refractivity contribution in [1.29, 1.82) is 0 Å². The van der Waals surface area contributed by atoms with E-state index in [1.54, 1.807) is 0 Å². The number of nitrogens with one attached hydrogen (secondary N) is 1. The Morgan fingerprint density at radius 2 is 0.652 bits per heavy atom. The zero-order chi connectivity index (χ0) is 30.4. The molecule has 0 atom stereocenters. The van der Waals surface area contributed by atoms with Crippen molar-refractivity contribution in [3.63, 3.8) is 0 Å². The number of aliphatic imine (C=N–C) groups is 2. The molecule has 0 fully saturated rings.